The van der Waals surface area contributed by atoms with Gasteiger partial charge in [-0.1, -0.05) is 0 Å². The van der Waals surface area contributed by atoms with Gasteiger partial charge in [0.15, 0.2) is 17.2 Å². The average molecular weight is 1510 g/mol. The van der Waals surface area contributed by atoms with Crippen LogP contribution in [0, 0.1) is 10.1 Å². The fourth-order valence-electron chi connectivity index (χ4n) is 9.53. The molecular formula is C72H65N7O30. The number of nitro groups is 1. The fourth-order valence-corrected chi connectivity index (χ4v) is 9.53. The molecule has 568 valence electrons. The molecular weight excluding hydrogens is 1440 g/mol. The molecule has 109 heavy (non-hydrogen) atoms. The Morgan fingerprint density at radius 1 is 0.321 bits per heavy atom. The highest BCUT2D eigenvalue weighted by Gasteiger charge is 2.26. The number of nitro benzene ring substituents is 1. The van der Waals surface area contributed by atoms with Gasteiger partial charge in [-0.3, -0.25) is 10.1 Å². The molecule has 9 aromatic carbocycles. The molecule has 37 heteroatoms. The van der Waals surface area contributed by atoms with E-state index in [2.05, 4.69) is 25.9 Å². The summed E-state index contributed by atoms with van der Waals surface area (Å²) in [6.07, 6.45) is 0. The number of methoxy groups -OCH3 is 9. The SMILES string of the molecule is COc1cc(C(=O)O)cc2nc3cc(C(=O)O)cc(OC)c3nc12.COc1cc(C(=O)O)ccc1Nc1c(N)cc(C(=O)O)cc1OC.COc1cc(C(=O)O)ccc1Nc1c(OC)cc(C(=O)O)cc1[N+](=O)[O-].COc1cc(C(=O)O)ccc1Nc1ccc(C(=O)O)cc1OC.COc1cc(C(=O)O)ccc1O. The Labute approximate surface area is 613 Å². The molecule has 15 N–H and O–H groups in total. The van der Waals surface area contributed by atoms with Crippen LogP contribution in [0.4, 0.5) is 45.5 Å². The van der Waals surface area contributed by atoms with Gasteiger partial charge in [-0.15, -0.1) is 0 Å². The summed E-state index contributed by atoms with van der Waals surface area (Å²) in [6.45, 7) is 0. The standard InChI is InChI=1S/C16H14N2O8.C16H12N2O6.C16H16N2O6.C16H15NO6.C8H8O4/c1-25-12-6-8(15(19)20)3-4-10(12)17-14-11(18(23)24)5-9(16(21)22)7-13(14)26-2;1-23-11-5-7(15(19)20)3-9-13(11)18-14-10(17-9)4-8(16(21)22)6-12(14)24-2;1-23-12-6-8(15(19)20)3-4-11(12)18-14-10(17)5-9(16(21)22)7-13(14)24-2;1-22-13-7-9(15(18)19)3-5-11(13)17-12-6-4-10(16(20)21)8-14(12)23-2;1-12-7-4-5(8(10)11)2-3-6(7)9/h3-7,17H,1-2H3,(H,19,20)(H,21,22);3-6H,1-2H3,(H,19,20)(H,21,22);3-7,18H,17H2,1-2H3,(H,19,20)(H,21,22);3-8,17H,1-2H3,(H,18,19)(H,20,21);2-4,9H,1H3,(H,10,11). The third-order valence-electron chi connectivity index (χ3n) is 14.9. The summed E-state index contributed by atoms with van der Waals surface area (Å²) in [5.41, 5.74) is 8.82. The summed E-state index contributed by atoms with van der Waals surface area (Å²) in [4.78, 5) is 119. The van der Waals surface area contributed by atoms with Gasteiger partial charge in [0, 0.05) is 6.07 Å². The van der Waals surface area contributed by atoms with Crippen LogP contribution in [0.1, 0.15) is 93.2 Å². The second kappa shape index (κ2) is 37.0. The molecule has 0 unspecified atom stereocenters. The molecule has 0 radical (unpaired) electrons. The van der Waals surface area contributed by atoms with Gasteiger partial charge in [0.2, 0.25) is 0 Å². The quantitative estimate of drug-likeness (QED) is 0.0109. The Kier molecular flexibility index (Phi) is 28.0. The summed E-state index contributed by atoms with van der Waals surface area (Å²) in [6, 6.07) is 30.9. The van der Waals surface area contributed by atoms with Crippen LogP contribution in [0.2, 0.25) is 0 Å². The lowest BCUT2D eigenvalue weighted by atomic mass is 10.1. The first-order chi connectivity index (χ1) is 51.7. The number of hydrogen-bond donors (Lipinski definition) is 14. The van der Waals surface area contributed by atoms with Gasteiger partial charge in [-0.05, 0) is 133 Å². The van der Waals surface area contributed by atoms with Gasteiger partial charge in [0.05, 0.1) is 158 Å². The van der Waals surface area contributed by atoms with Crippen molar-refractivity contribution in [1.29, 1.82) is 0 Å². The van der Waals surface area contributed by atoms with Gasteiger partial charge >= 0.3 is 53.7 Å². The molecule has 0 bridgehead atoms. The van der Waals surface area contributed by atoms with Crippen molar-refractivity contribution < 1.29 is 142 Å². The highest BCUT2D eigenvalue weighted by Crippen LogP contribution is 2.42. The fraction of sp³-hybridized carbons (Fsp3) is 0.125. The highest BCUT2D eigenvalue weighted by molar-refractivity contribution is 6.01. The number of nitrogens with one attached hydrogen (secondary N) is 3. The monoisotopic (exact) mass is 1510 g/mol. The number of ether oxygens (including phenoxy) is 9. The number of hydrogen-bond acceptors (Lipinski definition) is 27. The minimum atomic E-state index is -1.35. The van der Waals surface area contributed by atoms with Crippen molar-refractivity contribution in [2.24, 2.45) is 0 Å². The molecule has 0 saturated heterocycles. The molecule has 1 heterocycles. The molecule has 37 nitrogen and oxygen atoms in total. The molecule has 0 fully saturated rings. The zero-order valence-electron chi connectivity index (χ0n) is 58.3. The number of nitrogen functional groups attached to an aromatic ring is 1. The molecule has 10 aromatic rings. The smallest absolute Gasteiger partial charge is 0.336 e. The molecule has 0 atom stereocenters. The van der Waals surface area contributed by atoms with Gasteiger partial charge in [-0.25, -0.2) is 53.1 Å². The van der Waals surface area contributed by atoms with Crippen LogP contribution in [0.5, 0.6) is 57.5 Å². The highest BCUT2D eigenvalue weighted by atomic mass is 16.6. The van der Waals surface area contributed by atoms with Crippen molar-refractivity contribution in [1.82, 2.24) is 9.97 Å². The van der Waals surface area contributed by atoms with Crippen molar-refractivity contribution >= 4 is 121 Å². The molecule has 0 spiro atoms. The number of anilines is 7. The van der Waals surface area contributed by atoms with Crippen LogP contribution in [0.15, 0.2) is 140 Å². The maximum atomic E-state index is 11.4. The summed E-state index contributed by atoms with van der Waals surface area (Å²) >= 11 is 0. The number of aromatic carboxylic acids is 9. The van der Waals surface area contributed by atoms with Crippen molar-refractivity contribution in [3.63, 3.8) is 0 Å². The first-order valence-electron chi connectivity index (χ1n) is 30.4. The Morgan fingerprint density at radius 3 is 0.890 bits per heavy atom. The zero-order valence-corrected chi connectivity index (χ0v) is 58.3. The second-order valence-corrected chi connectivity index (χ2v) is 21.5. The minimum absolute atomic E-state index is 0.00523. The summed E-state index contributed by atoms with van der Waals surface area (Å²) in [5.74, 6) is -8.27. The lowest BCUT2D eigenvalue weighted by molar-refractivity contribution is -0.384. The third kappa shape index (κ3) is 20.6. The minimum Gasteiger partial charge on any atom is -0.504 e. The van der Waals surface area contributed by atoms with Crippen molar-refractivity contribution in [3.05, 3.63) is 200 Å². The van der Waals surface area contributed by atoms with Crippen LogP contribution >= 0.6 is 0 Å². The van der Waals surface area contributed by atoms with E-state index in [9.17, 15) is 63.5 Å². The summed E-state index contributed by atoms with van der Waals surface area (Å²) in [5, 5.41) is 110. The number of carbonyl (C=O) groups is 9. The van der Waals surface area contributed by atoms with E-state index >= 15 is 0 Å². The number of carboxylic acids is 9. The van der Waals surface area contributed by atoms with Gasteiger partial charge in [0.1, 0.15) is 62.7 Å². The lowest BCUT2D eigenvalue weighted by Crippen LogP contribution is -2.06. The van der Waals surface area contributed by atoms with Crippen LogP contribution in [-0.4, -0.2) is 184 Å². The maximum absolute atomic E-state index is 11.4. The average Bonchev–Trinajstić information content (AvgIpc) is 0.766. The number of nitrogens with zero attached hydrogens (tertiary/aromatic N) is 3. The second-order valence-electron chi connectivity index (χ2n) is 21.5. The first-order valence-corrected chi connectivity index (χ1v) is 30.4. The van der Waals surface area contributed by atoms with E-state index in [1.165, 1.54) is 179 Å². The molecule has 1 aromatic heterocycles. The molecule has 0 aliphatic heterocycles. The number of fused-ring (bicyclic) bond motifs is 2. The van der Waals surface area contributed by atoms with E-state index in [0.717, 1.165) is 12.1 Å². The number of phenolic OH excluding ortho intramolecular Hbond substituents is 1. The topological polar surface area (TPSA) is 570 Å². The Hall–Kier alpha value is -15.6. The predicted molar refractivity (Wildman–Crippen MR) is 386 cm³/mol. The Balaban J connectivity index is 0.000000216. The molecule has 0 saturated carbocycles. The normalized spacial score (nSPS) is 10.1. The van der Waals surface area contributed by atoms with Crippen LogP contribution in [-0.2, 0) is 0 Å². The van der Waals surface area contributed by atoms with E-state index in [4.69, 9.17) is 89.2 Å². The number of aromatic nitrogens is 2. The molecule has 0 aliphatic rings. The zero-order chi connectivity index (χ0) is 80.8. The predicted octanol–water partition coefficient (Wildman–Crippen LogP) is 11.3. The number of nitrogens with two attached hydrogens (primary N) is 1. The van der Waals surface area contributed by atoms with Gasteiger partial charge in [0.25, 0.3) is 5.69 Å². The lowest BCUT2D eigenvalue weighted by Gasteiger charge is -2.17. The number of carboxylic acid groups (broad SMARTS) is 9. The van der Waals surface area contributed by atoms with Gasteiger partial charge < -0.3 is 115 Å². The van der Waals surface area contributed by atoms with E-state index < -0.39 is 64.3 Å². The number of benzene rings is 9. The molecule has 10 rings (SSSR count). The van der Waals surface area contributed by atoms with Crippen LogP contribution < -0.4 is 64.3 Å². The van der Waals surface area contributed by atoms with Crippen molar-refractivity contribution in [3.8, 4) is 57.5 Å². The summed E-state index contributed by atoms with van der Waals surface area (Å²) < 4.78 is 46.0. The van der Waals surface area contributed by atoms with Crippen LogP contribution in [0.25, 0.3) is 22.1 Å². The number of aromatic hydroxyl groups is 1. The Morgan fingerprint density at radius 2 is 0.578 bits per heavy atom. The van der Waals surface area contributed by atoms with E-state index in [1.54, 1.807) is 12.1 Å². The van der Waals surface area contributed by atoms with Gasteiger partial charge in [-0.2, -0.15) is 0 Å². The molecule has 0 aliphatic carbocycles. The summed E-state index contributed by atoms with van der Waals surface area (Å²) in [7, 11) is 12.4. The molecule has 0 amide bonds. The van der Waals surface area contributed by atoms with Crippen molar-refractivity contribution in [2.45, 2.75) is 0 Å². The largest absolute Gasteiger partial charge is 0.504 e. The number of phenols is 1. The van der Waals surface area contributed by atoms with Crippen molar-refractivity contribution in [2.75, 3.05) is 85.7 Å². The first kappa shape index (κ1) is 82.4. The van der Waals surface area contributed by atoms with E-state index in [-0.39, 0.29) is 118 Å². The Bertz CT molecular complexity index is 5060. The number of rotatable bonds is 25. The van der Waals surface area contributed by atoms with E-state index in [0.29, 0.717) is 51.0 Å². The third-order valence-corrected chi connectivity index (χ3v) is 14.9. The van der Waals surface area contributed by atoms with E-state index in [1.807, 2.05) is 0 Å². The van der Waals surface area contributed by atoms with Crippen LogP contribution in [0.3, 0.4) is 0 Å². The maximum Gasteiger partial charge on any atom is 0.336 e.